The smallest absolute Gasteiger partial charge is 0.254 e. The lowest BCUT2D eigenvalue weighted by Gasteiger charge is -2.31. The molecule has 0 aliphatic carbocycles. The van der Waals surface area contributed by atoms with Gasteiger partial charge >= 0.3 is 0 Å². The molecule has 1 fully saturated rings. The van der Waals surface area contributed by atoms with Crippen LogP contribution in [0.15, 0.2) is 57.7 Å². The summed E-state index contributed by atoms with van der Waals surface area (Å²) in [7, 11) is 0. The number of benzene rings is 2. The molecule has 1 saturated heterocycles. The summed E-state index contributed by atoms with van der Waals surface area (Å²) in [6.45, 7) is 1.04. The van der Waals surface area contributed by atoms with Crippen LogP contribution in [0.3, 0.4) is 0 Å². The molecule has 29 heavy (non-hydrogen) atoms. The number of halogens is 1. The largest absolute Gasteiger partial charge is 0.440 e. The number of likely N-dealkylation sites (tertiary alicyclic amines) is 1. The molecular weight excluding hydrogens is 373 g/mol. The fourth-order valence-corrected chi connectivity index (χ4v) is 3.97. The van der Waals surface area contributed by atoms with Gasteiger partial charge in [0.2, 0.25) is 5.56 Å². The minimum atomic E-state index is -0.451. The van der Waals surface area contributed by atoms with E-state index in [0.717, 1.165) is 11.1 Å². The van der Waals surface area contributed by atoms with Crippen LogP contribution in [0.1, 0.15) is 35.0 Å². The van der Waals surface area contributed by atoms with Crippen molar-refractivity contribution in [3.63, 3.8) is 0 Å². The molecule has 3 heterocycles. The Labute approximate surface area is 165 Å². The lowest BCUT2D eigenvalue weighted by Crippen LogP contribution is -2.38. The maximum Gasteiger partial charge on any atom is 0.254 e. The maximum atomic E-state index is 13.7. The molecule has 0 atom stereocenters. The first-order valence-corrected chi connectivity index (χ1v) is 9.56. The number of piperidine rings is 1. The van der Waals surface area contributed by atoms with Crippen molar-refractivity contribution < 1.29 is 13.6 Å². The van der Waals surface area contributed by atoms with Crippen molar-refractivity contribution in [2.45, 2.75) is 18.8 Å². The first kappa shape index (κ1) is 17.6. The molecule has 1 N–H and O–H groups in total. The van der Waals surface area contributed by atoms with Gasteiger partial charge in [0.1, 0.15) is 11.3 Å². The van der Waals surface area contributed by atoms with Crippen LogP contribution in [0.4, 0.5) is 4.39 Å². The highest BCUT2D eigenvalue weighted by Gasteiger charge is 2.28. The molecule has 1 aliphatic rings. The number of fused-ring (bicyclic) bond motifs is 2. The number of aromatic nitrogens is 2. The monoisotopic (exact) mass is 391 g/mol. The second-order valence-electron chi connectivity index (χ2n) is 7.32. The van der Waals surface area contributed by atoms with Crippen molar-refractivity contribution >= 4 is 27.9 Å². The second-order valence-corrected chi connectivity index (χ2v) is 7.32. The van der Waals surface area contributed by atoms with Gasteiger partial charge in [-0.2, -0.15) is 0 Å². The molecule has 7 heteroatoms. The molecule has 0 radical (unpaired) electrons. The van der Waals surface area contributed by atoms with E-state index in [4.69, 9.17) is 4.42 Å². The summed E-state index contributed by atoms with van der Waals surface area (Å²) in [4.78, 5) is 33.9. The van der Waals surface area contributed by atoms with E-state index >= 15 is 0 Å². The zero-order chi connectivity index (χ0) is 20.0. The minimum absolute atomic E-state index is 0.139. The highest BCUT2D eigenvalue weighted by atomic mass is 19.1. The molecule has 0 bridgehead atoms. The van der Waals surface area contributed by atoms with E-state index in [0.29, 0.717) is 42.7 Å². The van der Waals surface area contributed by atoms with E-state index in [2.05, 4.69) is 9.97 Å². The number of hydrogen-bond acceptors (Lipinski definition) is 4. The Morgan fingerprint density at radius 1 is 1.14 bits per heavy atom. The molecule has 146 valence electrons. The molecule has 1 amide bonds. The number of nitrogens with one attached hydrogen (secondary N) is 1. The zero-order valence-corrected chi connectivity index (χ0v) is 15.5. The van der Waals surface area contributed by atoms with Crippen molar-refractivity contribution in [1.29, 1.82) is 0 Å². The summed E-state index contributed by atoms with van der Waals surface area (Å²) in [5, 5.41) is 0.413. The number of para-hydroxylation sites is 2. The van der Waals surface area contributed by atoms with E-state index in [1.807, 2.05) is 24.3 Å². The Morgan fingerprint density at radius 2 is 1.93 bits per heavy atom. The quantitative estimate of drug-likeness (QED) is 0.563. The van der Waals surface area contributed by atoms with E-state index < -0.39 is 5.82 Å². The normalized spacial score (nSPS) is 15.3. The van der Waals surface area contributed by atoms with Crippen LogP contribution in [0.5, 0.6) is 0 Å². The van der Waals surface area contributed by atoms with Crippen LogP contribution in [0.25, 0.3) is 22.0 Å². The Bertz CT molecular complexity index is 1250. The van der Waals surface area contributed by atoms with Gasteiger partial charge in [0.05, 0.1) is 5.56 Å². The fraction of sp³-hybridized carbons (Fsp3) is 0.227. The molecule has 0 unspecified atom stereocenters. The van der Waals surface area contributed by atoms with E-state index in [9.17, 15) is 14.0 Å². The summed E-state index contributed by atoms with van der Waals surface area (Å²) in [6.07, 6.45) is 1.43. The molecule has 0 spiro atoms. The van der Waals surface area contributed by atoms with Crippen molar-refractivity contribution in [2.75, 3.05) is 13.1 Å². The number of aromatic amines is 1. The van der Waals surface area contributed by atoms with E-state index in [-0.39, 0.29) is 22.9 Å². The molecule has 2 aromatic carbocycles. The average Bonchev–Trinajstić information content (AvgIpc) is 3.17. The Kier molecular flexibility index (Phi) is 4.16. The number of amides is 1. The molecule has 0 saturated carbocycles. The van der Waals surface area contributed by atoms with Gasteiger partial charge in [0.15, 0.2) is 11.5 Å². The Balaban J connectivity index is 1.38. The Morgan fingerprint density at radius 3 is 2.72 bits per heavy atom. The van der Waals surface area contributed by atoms with Crippen LogP contribution in [0, 0.1) is 5.82 Å². The average molecular weight is 391 g/mol. The predicted molar refractivity (Wildman–Crippen MR) is 106 cm³/mol. The first-order valence-electron chi connectivity index (χ1n) is 9.56. The van der Waals surface area contributed by atoms with Crippen molar-refractivity contribution in [3.8, 4) is 0 Å². The highest BCUT2D eigenvalue weighted by Crippen LogP contribution is 2.31. The van der Waals surface area contributed by atoms with Gasteiger partial charge < -0.3 is 14.3 Å². The number of oxazole rings is 1. The first-order chi connectivity index (χ1) is 14.1. The van der Waals surface area contributed by atoms with Crippen LogP contribution in [-0.4, -0.2) is 33.9 Å². The molecular formula is C22H18FN3O3. The summed E-state index contributed by atoms with van der Waals surface area (Å²) >= 11 is 0. The van der Waals surface area contributed by atoms with Gasteiger partial charge in [0, 0.05) is 36.0 Å². The number of pyridine rings is 1. The number of rotatable bonds is 2. The number of hydrogen-bond donors (Lipinski definition) is 1. The molecule has 5 rings (SSSR count). The van der Waals surface area contributed by atoms with Crippen molar-refractivity contribution in [1.82, 2.24) is 14.9 Å². The highest BCUT2D eigenvalue weighted by molar-refractivity contribution is 6.06. The standard InChI is InChI=1S/C22H18FN3O3/c23-14-5-6-17-15(11-14)16(12-20(27)24-17)22(28)26-9-7-13(8-10-26)21-25-18-3-1-2-4-19(18)29-21/h1-6,11-13H,7-10H2,(H,24,27). The second kappa shape index (κ2) is 6.84. The third-order valence-electron chi connectivity index (χ3n) is 5.48. The lowest BCUT2D eigenvalue weighted by atomic mass is 9.96. The van der Waals surface area contributed by atoms with Gasteiger partial charge in [-0.1, -0.05) is 12.1 Å². The number of carbonyl (C=O) groups excluding carboxylic acids is 1. The SMILES string of the molecule is O=C(c1cc(=O)[nH]c2ccc(F)cc12)N1CCC(c2nc3ccccc3o2)CC1. The fourth-order valence-electron chi connectivity index (χ4n) is 3.97. The van der Waals surface area contributed by atoms with Crippen LogP contribution < -0.4 is 5.56 Å². The molecule has 4 aromatic rings. The summed E-state index contributed by atoms with van der Waals surface area (Å²) < 4.78 is 19.6. The summed E-state index contributed by atoms with van der Waals surface area (Å²) in [5.41, 5.74) is 1.89. The lowest BCUT2D eigenvalue weighted by molar-refractivity contribution is 0.0708. The maximum absolute atomic E-state index is 13.7. The predicted octanol–water partition coefficient (Wildman–Crippen LogP) is 3.83. The van der Waals surface area contributed by atoms with Gasteiger partial charge in [0.25, 0.3) is 5.91 Å². The van der Waals surface area contributed by atoms with Gasteiger partial charge in [-0.3, -0.25) is 9.59 Å². The van der Waals surface area contributed by atoms with Crippen LogP contribution in [-0.2, 0) is 0 Å². The molecule has 1 aliphatic heterocycles. The van der Waals surface area contributed by atoms with Crippen LogP contribution >= 0.6 is 0 Å². The zero-order valence-electron chi connectivity index (χ0n) is 15.5. The number of nitrogens with zero attached hydrogens (tertiary/aromatic N) is 2. The minimum Gasteiger partial charge on any atom is -0.440 e. The third-order valence-corrected chi connectivity index (χ3v) is 5.48. The Hall–Kier alpha value is -3.48. The molecule has 2 aromatic heterocycles. The van der Waals surface area contributed by atoms with Gasteiger partial charge in [-0.15, -0.1) is 0 Å². The summed E-state index contributed by atoms with van der Waals surface area (Å²) in [6, 6.07) is 12.9. The van der Waals surface area contributed by atoms with Crippen molar-refractivity contribution in [3.05, 3.63) is 76.2 Å². The van der Waals surface area contributed by atoms with E-state index in [1.54, 1.807) is 4.90 Å². The number of H-pyrrole nitrogens is 1. The molecule has 6 nitrogen and oxygen atoms in total. The third kappa shape index (κ3) is 3.18. The topological polar surface area (TPSA) is 79.2 Å². The number of carbonyl (C=O) groups is 1. The van der Waals surface area contributed by atoms with Crippen molar-refractivity contribution in [2.24, 2.45) is 0 Å². The van der Waals surface area contributed by atoms with E-state index in [1.165, 1.54) is 24.3 Å². The van der Waals surface area contributed by atoms with Crippen LogP contribution in [0.2, 0.25) is 0 Å². The van der Waals surface area contributed by atoms with Gasteiger partial charge in [-0.05, 0) is 43.2 Å². The summed E-state index contributed by atoms with van der Waals surface area (Å²) in [5.74, 6) is 0.123. The van der Waals surface area contributed by atoms with Gasteiger partial charge in [-0.25, -0.2) is 9.37 Å².